The van der Waals surface area contributed by atoms with Gasteiger partial charge in [-0.1, -0.05) is 36.7 Å². The summed E-state index contributed by atoms with van der Waals surface area (Å²) in [4.78, 5) is 27.3. The van der Waals surface area contributed by atoms with Crippen molar-refractivity contribution < 1.29 is 14.3 Å². The Morgan fingerprint density at radius 1 is 1.15 bits per heavy atom. The molecule has 0 bridgehead atoms. The summed E-state index contributed by atoms with van der Waals surface area (Å²) in [5.74, 6) is 0.192. The minimum Gasteiger partial charge on any atom is -0.481 e. The molecule has 142 valence electrons. The minimum absolute atomic E-state index is 0.0489. The number of carbonyl (C=O) groups excluding carboxylic acids is 2. The van der Waals surface area contributed by atoms with E-state index < -0.39 is 6.10 Å². The van der Waals surface area contributed by atoms with Crippen molar-refractivity contribution in [2.45, 2.75) is 32.3 Å². The molecule has 6 heteroatoms. The first-order valence-corrected chi connectivity index (χ1v) is 9.57. The van der Waals surface area contributed by atoms with Gasteiger partial charge in [0, 0.05) is 18.1 Å². The van der Waals surface area contributed by atoms with Crippen LogP contribution >= 0.6 is 11.6 Å². The first-order chi connectivity index (χ1) is 13.1. The third kappa shape index (κ3) is 4.80. The van der Waals surface area contributed by atoms with E-state index in [-0.39, 0.29) is 11.8 Å². The number of amides is 2. The highest BCUT2D eigenvalue weighted by molar-refractivity contribution is 6.30. The number of hydrogen-bond donors (Lipinski definition) is 1. The third-order valence-corrected chi connectivity index (χ3v) is 4.78. The predicted molar refractivity (Wildman–Crippen MR) is 106 cm³/mol. The van der Waals surface area contributed by atoms with Crippen molar-refractivity contribution in [1.82, 2.24) is 4.90 Å². The van der Waals surface area contributed by atoms with Crippen LogP contribution in [0.25, 0.3) is 0 Å². The van der Waals surface area contributed by atoms with Gasteiger partial charge in [-0.2, -0.15) is 0 Å². The maximum absolute atomic E-state index is 12.7. The summed E-state index contributed by atoms with van der Waals surface area (Å²) in [5, 5.41) is 3.40. The second-order valence-corrected chi connectivity index (χ2v) is 6.94. The summed E-state index contributed by atoms with van der Waals surface area (Å²) in [7, 11) is 0. The lowest BCUT2D eigenvalue weighted by molar-refractivity contribution is -0.122. The Morgan fingerprint density at radius 2 is 1.89 bits per heavy atom. The van der Waals surface area contributed by atoms with Crippen molar-refractivity contribution in [3.8, 4) is 5.75 Å². The van der Waals surface area contributed by atoms with E-state index in [1.807, 2.05) is 11.8 Å². The molecule has 1 aliphatic rings. The maximum Gasteiger partial charge on any atom is 0.265 e. The molecule has 2 aromatic carbocycles. The fourth-order valence-electron chi connectivity index (χ4n) is 3.11. The topological polar surface area (TPSA) is 58.6 Å². The number of ether oxygens (including phenoxy) is 1. The maximum atomic E-state index is 12.7. The molecule has 1 N–H and O–H groups in total. The lowest BCUT2D eigenvalue weighted by atomic mass is 10.1. The van der Waals surface area contributed by atoms with Gasteiger partial charge in [-0.3, -0.25) is 9.59 Å². The molecule has 1 heterocycles. The summed E-state index contributed by atoms with van der Waals surface area (Å²) in [6.45, 7) is 3.39. The zero-order chi connectivity index (χ0) is 19.2. The molecule has 1 fully saturated rings. The van der Waals surface area contributed by atoms with Crippen molar-refractivity contribution >= 4 is 29.1 Å². The minimum atomic E-state index is -0.682. The second-order valence-electron chi connectivity index (χ2n) is 6.51. The van der Waals surface area contributed by atoms with Crippen molar-refractivity contribution in [2.75, 3.05) is 18.4 Å². The van der Waals surface area contributed by atoms with E-state index in [1.165, 1.54) is 0 Å². The van der Waals surface area contributed by atoms with E-state index >= 15 is 0 Å². The Morgan fingerprint density at radius 3 is 2.59 bits per heavy atom. The highest BCUT2D eigenvalue weighted by Crippen LogP contribution is 2.22. The van der Waals surface area contributed by atoms with Crippen molar-refractivity contribution in [3.05, 3.63) is 59.1 Å². The Balaban J connectivity index is 1.73. The monoisotopic (exact) mass is 386 g/mol. The van der Waals surface area contributed by atoms with E-state index in [1.54, 1.807) is 48.5 Å². The Bertz CT molecular complexity index is 819. The highest BCUT2D eigenvalue weighted by atomic mass is 35.5. The van der Waals surface area contributed by atoms with Gasteiger partial charge >= 0.3 is 0 Å². The molecule has 1 aliphatic heterocycles. The van der Waals surface area contributed by atoms with Crippen LogP contribution in [0.5, 0.6) is 5.75 Å². The smallest absolute Gasteiger partial charge is 0.265 e. The van der Waals surface area contributed by atoms with Crippen LogP contribution in [0.1, 0.15) is 36.5 Å². The molecule has 1 saturated heterocycles. The number of carbonyl (C=O) groups is 2. The highest BCUT2D eigenvalue weighted by Gasteiger charge is 2.24. The van der Waals surface area contributed by atoms with Gasteiger partial charge in [-0.25, -0.2) is 0 Å². The van der Waals surface area contributed by atoms with Crippen LogP contribution < -0.4 is 10.1 Å². The fraction of sp³-hybridized carbons (Fsp3) is 0.333. The summed E-state index contributed by atoms with van der Waals surface area (Å²) in [6.07, 6.45) is 1.84. The van der Waals surface area contributed by atoms with Gasteiger partial charge in [-0.05, 0) is 49.6 Å². The predicted octanol–water partition coefficient (Wildman–Crippen LogP) is 4.37. The molecule has 5 nitrogen and oxygen atoms in total. The number of nitrogens with zero attached hydrogens (tertiary/aromatic N) is 1. The largest absolute Gasteiger partial charge is 0.481 e. The lowest BCUT2D eigenvalue weighted by Gasteiger charge is -2.20. The van der Waals surface area contributed by atoms with Gasteiger partial charge in [0.15, 0.2) is 6.10 Å². The van der Waals surface area contributed by atoms with E-state index in [0.29, 0.717) is 28.4 Å². The quantitative estimate of drug-likeness (QED) is 0.801. The summed E-state index contributed by atoms with van der Waals surface area (Å²) in [5.41, 5.74) is 1.01. The number of benzene rings is 2. The molecule has 1 atom stereocenters. The van der Waals surface area contributed by atoms with Crippen LogP contribution in [-0.4, -0.2) is 35.9 Å². The van der Waals surface area contributed by atoms with Gasteiger partial charge in [0.1, 0.15) is 5.75 Å². The van der Waals surface area contributed by atoms with Crippen LogP contribution in [-0.2, 0) is 4.79 Å². The number of anilines is 1. The third-order valence-electron chi connectivity index (χ3n) is 4.55. The zero-order valence-corrected chi connectivity index (χ0v) is 16.0. The molecular weight excluding hydrogens is 364 g/mol. The fourth-order valence-corrected chi connectivity index (χ4v) is 3.29. The average molecular weight is 387 g/mol. The summed E-state index contributed by atoms with van der Waals surface area (Å²) >= 11 is 5.98. The molecular formula is C21H23ClN2O3. The number of nitrogens with one attached hydrogen (secondary N) is 1. The Hall–Kier alpha value is -2.53. The van der Waals surface area contributed by atoms with Crippen molar-refractivity contribution in [3.63, 3.8) is 0 Å². The summed E-state index contributed by atoms with van der Waals surface area (Å²) < 4.78 is 5.79. The lowest BCUT2D eigenvalue weighted by Crippen LogP contribution is -2.34. The number of para-hydroxylation sites is 1. The number of likely N-dealkylation sites (tertiary alicyclic amines) is 1. The number of rotatable bonds is 6. The van der Waals surface area contributed by atoms with Gasteiger partial charge < -0.3 is 15.0 Å². The second kappa shape index (κ2) is 8.91. The van der Waals surface area contributed by atoms with E-state index in [2.05, 4.69) is 5.32 Å². The molecule has 3 rings (SSSR count). The van der Waals surface area contributed by atoms with Crippen LogP contribution in [0.15, 0.2) is 48.5 Å². The van der Waals surface area contributed by atoms with Gasteiger partial charge in [0.25, 0.3) is 11.8 Å². The SMILES string of the molecule is CC[C@H](Oc1cccc(Cl)c1)C(=O)Nc1ccccc1C(=O)N1CCCC1. The first kappa shape index (κ1) is 19.2. The molecule has 0 unspecified atom stereocenters. The molecule has 0 aliphatic carbocycles. The van der Waals surface area contributed by atoms with Gasteiger partial charge in [0.2, 0.25) is 0 Å². The molecule has 0 spiro atoms. The Kier molecular flexibility index (Phi) is 6.35. The average Bonchev–Trinajstić information content (AvgIpc) is 3.21. The zero-order valence-electron chi connectivity index (χ0n) is 15.3. The molecule has 0 aromatic heterocycles. The molecule has 0 saturated carbocycles. The van der Waals surface area contributed by atoms with Crippen molar-refractivity contribution in [2.24, 2.45) is 0 Å². The van der Waals surface area contributed by atoms with E-state index in [4.69, 9.17) is 16.3 Å². The Labute approximate surface area is 164 Å². The van der Waals surface area contributed by atoms with Crippen LogP contribution in [0.2, 0.25) is 5.02 Å². The molecule has 2 amide bonds. The van der Waals surface area contributed by atoms with Gasteiger partial charge in [0.05, 0.1) is 11.3 Å². The first-order valence-electron chi connectivity index (χ1n) is 9.20. The van der Waals surface area contributed by atoms with E-state index in [0.717, 1.165) is 25.9 Å². The molecule has 27 heavy (non-hydrogen) atoms. The number of hydrogen-bond acceptors (Lipinski definition) is 3. The summed E-state index contributed by atoms with van der Waals surface area (Å²) in [6, 6.07) is 14.0. The van der Waals surface area contributed by atoms with Crippen LogP contribution in [0, 0.1) is 0 Å². The van der Waals surface area contributed by atoms with E-state index in [9.17, 15) is 9.59 Å². The number of halogens is 1. The molecule has 2 aromatic rings. The standard InChI is InChI=1S/C21H23ClN2O3/c1-2-19(27-16-9-7-8-15(22)14-16)20(25)23-18-11-4-3-10-17(18)21(26)24-12-5-6-13-24/h3-4,7-11,14,19H,2,5-6,12-13H2,1H3,(H,23,25)/t19-/m0/s1. The van der Waals surface area contributed by atoms with Gasteiger partial charge in [-0.15, -0.1) is 0 Å². The van der Waals surface area contributed by atoms with Crippen molar-refractivity contribution in [1.29, 1.82) is 0 Å². The van der Waals surface area contributed by atoms with Crippen LogP contribution in [0.3, 0.4) is 0 Å². The van der Waals surface area contributed by atoms with Crippen LogP contribution in [0.4, 0.5) is 5.69 Å². The molecule has 0 radical (unpaired) electrons. The normalized spacial score (nSPS) is 14.7.